The van der Waals surface area contributed by atoms with Crippen molar-refractivity contribution in [2.24, 2.45) is 5.92 Å². The molecule has 0 aromatic carbocycles. The van der Waals surface area contributed by atoms with Crippen LogP contribution in [0, 0.1) is 5.92 Å². The number of carbonyl (C=O) groups is 2. The number of rotatable bonds is 9. The van der Waals surface area contributed by atoms with Crippen molar-refractivity contribution in [3.8, 4) is 0 Å². The number of carboxylic acids is 2. The Kier molecular flexibility index (Phi) is 8.06. The Morgan fingerprint density at radius 1 is 1.05 bits per heavy atom. The molecule has 0 saturated carbocycles. The van der Waals surface area contributed by atoms with E-state index >= 15 is 0 Å². The highest BCUT2D eigenvalue weighted by Crippen LogP contribution is 2.29. The monoisotopic (exact) mass is 308 g/mol. The molecular weight excluding hydrogens is 289 g/mol. The van der Waals surface area contributed by atoms with Gasteiger partial charge in [-0.2, -0.15) is 13.2 Å². The molecule has 1 unspecified atom stereocenters. The number of carboxylic acid groups (broad SMARTS) is 2. The van der Waals surface area contributed by atoms with Crippen LogP contribution in [0.2, 0.25) is 0 Å². The standard InChI is InChI=1S/C14H21F3O4/c1-3-5-6-9(4-2)7-10(12(18)19)11(13(20)21)8-14(15,16)17/h9H,3-8H2,1-2H3,(H,18,19)(H,20,21)/p-2/b11-10+. The minimum atomic E-state index is -4.82. The fraction of sp³-hybridized carbons (Fsp3) is 0.714. The summed E-state index contributed by atoms with van der Waals surface area (Å²) in [5.74, 6) is -4.19. The second-order valence-corrected chi connectivity index (χ2v) is 4.94. The van der Waals surface area contributed by atoms with Crippen LogP contribution in [0.5, 0.6) is 0 Å². The van der Waals surface area contributed by atoms with Gasteiger partial charge in [0.05, 0.1) is 18.4 Å². The molecular formula is C14H19F3O4-2. The van der Waals surface area contributed by atoms with E-state index in [9.17, 15) is 33.0 Å². The van der Waals surface area contributed by atoms with Crippen LogP contribution in [-0.4, -0.2) is 18.1 Å². The second kappa shape index (κ2) is 8.69. The first-order chi connectivity index (χ1) is 9.62. The van der Waals surface area contributed by atoms with Crippen LogP contribution in [-0.2, 0) is 9.59 Å². The number of hydrogen-bond donors (Lipinski definition) is 0. The van der Waals surface area contributed by atoms with E-state index in [4.69, 9.17) is 0 Å². The molecule has 7 heteroatoms. The minimum absolute atomic E-state index is 0.194. The van der Waals surface area contributed by atoms with Gasteiger partial charge in [-0.1, -0.05) is 39.5 Å². The summed E-state index contributed by atoms with van der Waals surface area (Å²) >= 11 is 0. The van der Waals surface area contributed by atoms with Gasteiger partial charge in [0.15, 0.2) is 0 Å². The van der Waals surface area contributed by atoms with Crippen LogP contribution in [0.3, 0.4) is 0 Å². The molecule has 0 heterocycles. The third-order valence-corrected chi connectivity index (χ3v) is 3.27. The van der Waals surface area contributed by atoms with Crippen molar-refractivity contribution in [3.63, 3.8) is 0 Å². The highest BCUT2D eigenvalue weighted by molar-refractivity contribution is 5.97. The Morgan fingerprint density at radius 2 is 1.57 bits per heavy atom. The topological polar surface area (TPSA) is 80.3 Å². The molecule has 0 aliphatic heterocycles. The lowest BCUT2D eigenvalue weighted by Gasteiger charge is -2.22. The first-order valence-corrected chi connectivity index (χ1v) is 6.83. The largest absolute Gasteiger partial charge is 0.545 e. The Hall–Kier alpha value is -1.53. The fourth-order valence-corrected chi connectivity index (χ4v) is 2.06. The molecule has 0 aliphatic rings. The molecule has 0 fully saturated rings. The van der Waals surface area contributed by atoms with Crippen LogP contribution in [0.1, 0.15) is 52.4 Å². The summed E-state index contributed by atoms with van der Waals surface area (Å²) in [7, 11) is 0. The van der Waals surface area contributed by atoms with Crippen molar-refractivity contribution >= 4 is 11.9 Å². The minimum Gasteiger partial charge on any atom is -0.545 e. The van der Waals surface area contributed by atoms with Gasteiger partial charge in [-0.15, -0.1) is 0 Å². The van der Waals surface area contributed by atoms with Crippen LogP contribution < -0.4 is 10.2 Å². The maximum absolute atomic E-state index is 12.4. The van der Waals surface area contributed by atoms with Crippen LogP contribution >= 0.6 is 0 Å². The molecule has 0 amide bonds. The normalized spacial score (nSPS) is 14.5. The summed E-state index contributed by atoms with van der Waals surface area (Å²) in [6.45, 7) is 3.70. The molecule has 0 aliphatic carbocycles. The first-order valence-electron chi connectivity index (χ1n) is 6.83. The molecule has 1 atom stereocenters. The molecule has 0 spiro atoms. The molecule has 0 rings (SSSR count). The van der Waals surface area contributed by atoms with E-state index in [-0.39, 0.29) is 12.3 Å². The molecule has 4 nitrogen and oxygen atoms in total. The van der Waals surface area contributed by atoms with Gasteiger partial charge in [0.25, 0.3) is 0 Å². The molecule has 0 N–H and O–H groups in total. The highest BCUT2D eigenvalue weighted by Gasteiger charge is 2.31. The van der Waals surface area contributed by atoms with Gasteiger partial charge in [0.2, 0.25) is 0 Å². The third-order valence-electron chi connectivity index (χ3n) is 3.27. The maximum atomic E-state index is 12.4. The SMILES string of the molecule is CCCCC(CC)C/C(C(=O)[O-])=C(/CC(F)(F)F)C(=O)[O-]. The Bertz CT molecular complexity index is 400. The van der Waals surface area contributed by atoms with Crippen LogP contribution in [0.4, 0.5) is 13.2 Å². The Labute approximate surface area is 121 Å². The van der Waals surface area contributed by atoms with Crippen molar-refractivity contribution in [2.75, 3.05) is 0 Å². The summed E-state index contributed by atoms with van der Waals surface area (Å²) in [4.78, 5) is 21.9. The summed E-state index contributed by atoms with van der Waals surface area (Å²) in [6, 6.07) is 0. The van der Waals surface area contributed by atoms with Crippen molar-refractivity contribution in [3.05, 3.63) is 11.1 Å². The van der Waals surface area contributed by atoms with Gasteiger partial charge in [0, 0.05) is 0 Å². The van der Waals surface area contributed by atoms with Gasteiger partial charge in [-0.3, -0.25) is 0 Å². The van der Waals surface area contributed by atoms with Gasteiger partial charge < -0.3 is 19.8 Å². The van der Waals surface area contributed by atoms with E-state index in [1.165, 1.54) is 0 Å². The maximum Gasteiger partial charge on any atom is 0.393 e. The van der Waals surface area contributed by atoms with Gasteiger partial charge in [0.1, 0.15) is 0 Å². The predicted octanol–water partition coefficient (Wildman–Crippen LogP) is 1.34. The van der Waals surface area contributed by atoms with E-state index in [1.807, 2.05) is 6.92 Å². The fourth-order valence-electron chi connectivity index (χ4n) is 2.06. The predicted molar refractivity (Wildman–Crippen MR) is 65.6 cm³/mol. The summed E-state index contributed by atoms with van der Waals surface area (Å²) in [5, 5.41) is 21.9. The van der Waals surface area contributed by atoms with Crippen molar-refractivity contribution < 1.29 is 33.0 Å². The van der Waals surface area contributed by atoms with E-state index in [0.717, 1.165) is 12.8 Å². The van der Waals surface area contributed by atoms with E-state index < -0.39 is 35.7 Å². The molecule has 0 bridgehead atoms. The van der Waals surface area contributed by atoms with Crippen molar-refractivity contribution in [1.82, 2.24) is 0 Å². The van der Waals surface area contributed by atoms with Crippen molar-refractivity contribution in [2.45, 2.75) is 58.5 Å². The Balaban J connectivity index is 5.41. The van der Waals surface area contributed by atoms with Crippen molar-refractivity contribution in [1.29, 1.82) is 0 Å². The molecule has 21 heavy (non-hydrogen) atoms. The number of carbonyl (C=O) groups excluding carboxylic acids is 2. The average molecular weight is 308 g/mol. The lowest BCUT2D eigenvalue weighted by Crippen LogP contribution is -2.34. The number of unbranched alkanes of at least 4 members (excludes halogenated alkanes) is 1. The van der Waals surface area contributed by atoms with E-state index in [0.29, 0.717) is 12.8 Å². The summed E-state index contributed by atoms with van der Waals surface area (Å²) < 4.78 is 37.1. The molecule has 0 aromatic rings. The molecule has 0 saturated heterocycles. The van der Waals surface area contributed by atoms with E-state index in [2.05, 4.69) is 0 Å². The van der Waals surface area contributed by atoms with E-state index in [1.54, 1.807) is 6.92 Å². The quantitative estimate of drug-likeness (QED) is 0.602. The third kappa shape index (κ3) is 7.72. The number of alkyl halides is 3. The van der Waals surface area contributed by atoms with Gasteiger partial charge in [-0.25, -0.2) is 0 Å². The smallest absolute Gasteiger partial charge is 0.393 e. The van der Waals surface area contributed by atoms with Crippen LogP contribution in [0.15, 0.2) is 11.1 Å². The van der Waals surface area contributed by atoms with Gasteiger partial charge >= 0.3 is 6.18 Å². The Morgan fingerprint density at radius 3 is 1.90 bits per heavy atom. The first kappa shape index (κ1) is 19.5. The van der Waals surface area contributed by atoms with Gasteiger partial charge in [-0.05, 0) is 23.5 Å². The van der Waals surface area contributed by atoms with Crippen LogP contribution in [0.25, 0.3) is 0 Å². The molecule has 0 aromatic heterocycles. The molecule has 122 valence electrons. The molecule has 0 radical (unpaired) electrons. The average Bonchev–Trinajstić information content (AvgIpc) is 2.35. The highest BCUT2D eigenvalue weighted by atomic mass is 19.4. The summed E-state index contributed by atoms with van der Waals surface area (Å²) in [6.07, 6.45) is -4.09. The lowest BCUT2D eigenvalue weighted by molar-refractivity contribution is -0.305. The zero-order valence-corrected chi connectivity index (χ0v) is 12.1. The number of aliphatic carboxylic acids is 2. The lowest BCUT2D eigenvalue weighted by atomic mass is 9.89. The second-order valence-electron chi connectivity index (χ2n) is 4.94. The zero-order valence-electron chi connectivity index (χ0n) is 12.1. The summed E-state index contributed by atoms with van der Waals surface area (Å²) in [5.41, 5.74) is -2.05. The number of hydrogen-bond acceptors (Lipinski definition) is 4. The number of halogens is 3. The zero-order chi connectivity index (χ0) is 16.6.